The van der Waals surface area contributed by atoms with Crippen LogP contribution >= 0.6 is 11.3 Å². The maximum absolute atomic E-state index is 14.1. The lowest BCUT2D eigenvalue weighted by Gasteiger charge is -2.38. The second-order valence-electron chi connectivity index (χ2n) is 8.53. The van der Waals surface area contributed by atoms with E-state index < -0.39 is 6.10 Å². The molecule has 0 unspecified atom stereocenters. The lowest BCUT2D eigenvalue weighted by Crippen LogP contribution is -2.45. The van der Waals surface area contributed by atoms with Gasteiger partial charge in [-0.3, -0.25) is 4.90 Å². The van der Waals surface area contributed by atoms with E-state index in [-0.39, 0.29) is 12.4 Å². The maximum atomic E-state index is 14.1. The van der Waals surface area contributed by atoms with Crippen LogP contribution in [0.25, 0.3) is 21.0 Å². The molecule has 6 heteroatoms. The van der Waals surface area contributed by atoms with Gasteiger partial charge in [0.2, 0.25) is 0 Å². The Morgan fingerprint density at radius 1 is 1.26 bits per heavy atom. The molecule has 0 radical (unpaired) electrons. The normalized spacial score (nSPS) is 21.0. The number of piperidine rings is 1. The number of aliphatic hydroxyl groups excluding tert-OH is 1. The molecule has 0 aliphatic carbocycles. The largest absolute Gasteiger partial charge is 0.490 e. The molecule has 1 saturated heterocycles. The fourth-order valence-corrected chi connectivity index (χ4v) is 5.90. The number of aromatic nitrogens is 1. The topological polar surface area (TPSA) is 48.5 Å². The summed E-state index contributed by atoms with van der Waals surface area (Å²) in [5.41, 5.74) is 1.03. The summed E-state index contributed by atoms with van der Waals surface area (Å²) in [7, 11) is 0. The van der Waals surface area contributed by atoms with Crippen LogP contribution in [0.2, 0.25) is 0 Å². The number of ether oxygens (including phenoxy) is 1. The van der Waals surface area contributed by atoms with Gasteiger partial charge in [0.1, 0.15) is 24.3 Å². The van der Waals surface area contributed by atoms with Crippen molar-refractivity contribution in [2.45, 2.75) is 37.8 Å². The van der Waals surface area contributed by atoms with Crippen LogP contribution < -0.4 is 4.74 Å². The van der Waals surface area contributed by atoms with Crippen LogP contribution in [-0.4, -0.2) is 46.8 Å². The molecule has 2 N–H and O–H groups in total. The Balaban J connectivity index is 1.18. The molecule has 1 aliphatic heterocycles. The monoisotopic (exact) mass is 438 g/mol. The van der Waals surface area contributed by atoms with Crippen LogP contribution in [0.15, 0.2) is 54.7 Å². The van der Waals surface area contributed by atoms with Gasteiger partial charge in [0.15, 0.2) is 0 Å². The lowest BCUT2D eigenvalue weighted by atomic mass is 9.90. The molecule has 5 rings (SSSR count). The Bertz CT molecular complexity index is 1190. The molecule has 2 aromatic heterocycles. The third-order valence-electron chi connectivity index (χ3n) is 6.36. The van der Waals surface area contributed by atoms with Gasteiger partial charge in [-0.2, -0.15) is 0 Å². The zero-order valence-corrected chi connectivity index (χ0v) is 18.4. The minimum absolute atomic E-state index is 0.127. The van der Waals surface area contributed by atoms with Gasteiger partial charge in [-0.25, -0.2) is 4.39 Å². The van der Waals surface area contributed by atoms with Crippen molar-refractivity contribution in [2.24, 2.45) is 0 Å². The third-order valence-corrected chi connectivity index (χ3v) is 7.68. The van der Waals surface area contributed by atoms with Crippen molar-refractivity contribution in [1.82, 2.24) is 9.88 Å². The highest BCUT2D eigenvalue weighted by atomic mass is 32.1. The number of β-amino-alcohol motifs (C(OH)–C–C–N with tert-alkyl or cyclic N) is 1. The molecule has 0 bridgehead atoms. The van der Waals surface area contributed by atoms with Gasteiger partial charge < -0.3 is 14.8 Å². The predicted octanol–water partition coefficient (Wildman–Crippen LogP) is 5.53. The first kappa shape index (κ1) is 20.5. The van der Waals surface area contributed by atoms with E-state index in [1.165, 1.54) is 10.9 Å². The number of halogens is 1. The van der Waals surface area contributed by atoms with Crippen molar-refractivity contribution in [2.75, 3.05) is 19.7 Å². The average molecular weight is 439 g/mol. The number of hydrogen-bond acceptors (Lipinski definition) is 4. The van der Waals surface area contributed by atoms with Gasteiger partial charge in [0.05, 0.1) is 4.70 Å². The number of likely N-dealkylation sites (tertiary alicyclic amines) is 1. The molecule has 1 aliphatic rings. The summed E-state index contributed by atoms with van der Waals surface area (Å²) >= 11 is 1.59. The Morgan fingerprint density at radius 3 is 2.97 bits per heavy atom. The van der Waals surface area contributed by atoms with E-state index in [1.54, 1.807) is 17.4 Å². The summed E-state index contributed by atoms with van der Waals surface area (Å²) in [5.74, 6) is 1.11. The second-order valence-corrected chi connectivity index (χ2v) is 9.62. The summed E-state index contributed by atoms with van der Waals surface area (Å²) in [6, 6.07) is 15.7. The van der Waals surface area contributed by atoms with Crippen molar-refractivity contribution >= 4 is 32.3 Å². The number of nitrogens with zero attached hydrogens (tertiary/aromatic N) is 1. The molecule has 3 atom stereocenters. The van der Waals surface area contributed by atoms with E-state index >= 15 is 0 Å². The number of benzene rings is 2. The number of thiophene rings is 1. The van der Waals surface area contributed by atoms with Crippen molar-refractivity contribution in [3.8, 4) is 5.75 Å². The minimum Gasteiger partial charge on any atom is -0.490 e. The summed E-state index contributed by atoms with van der Waals surface area (Å²) in [5, 5.41) is 12.6. The fraction of sp³-hybridized carbons (Fsp3) is 0.360. The van der Waals surface area contributed by atoms with E-state index in [0.717, 1.165) is 46.1 Å². The molecule has 0 saturated carbocycles. The molecule has 4 nitrogen and oxygen atoms in total. The van der Waals surface area contributed by atoms with E-state index in [1.807, 2.05) is 36.5 Å². The molecule has 162 valence electrons. The number of aliphatic hydroxyl groups is 1. The van der Waals surface area contributed by atoms with Crippen LogP contribution in [0, 0.1) is 5.82 Å². The molecule has 1 fully saturated rings. The van der Waals surface area contributed by atoms with Crippen LogP contribution in [0.5, 0.6) is 5.75 Å². The molecular formula is C25H27FN2O2S. The number of H-pyrrole nitrogens is 1. The summed E-state index contributed by atoms with van der Waals surface area (Å²) in [6.45, 7) is 4.01. The van der Waals surface area contributed by atoms with Gasteiger partial charge in [-0.15, -0.1) is 11.3 Å². The first-order chi connectivity index (χ1) is 15.1. The molecule has 31 heavy (non-hydrogen) atoms. The molecular weight excluding hydrogens is 411 g/mol. The van der Waals surface area contributed by atoms with Crippen LogP contribution in [0.1, 0.15) is 30.6 Å². The Hall–Kier alpha value is -2.41. The molecule has 4 aromatic rings. The minimum atomic E-state index is -0.549. The quantitative estimate of drug-likeness (QED) is 0.416. The second kappa shape index (κ2) is 8.61. The van der Waals surface area contributed by atoms with Crippen LogP contribution in [-0.2, 0) is 0 Å². The highest BCUT2D eigenvalue weighted by Gasteiger charge is 2.29. The Kier molecular flexibility index (Phi) is 5.69. The zero-order chi connectivity index (χ0) is 21.4. The average Bonchev–Trinajstić information content (AvgIpc) is 3.41. The van der Waals surface area contributed by atoms with Gasteiger partial charge >= 0.3 is 0 Å². The van der Waals surface area contributed by atoms with Gasteiger partial charge in [0.25, 0.3) is 0 Å². The van der Waals surface area contributed by atoms with Crippen LogP contribution in [0.4, 0.5) is 4.39 Å². The van der Waals surface area contributed by atoms with E-state index in [0.29, 0.717) is 18.5 Å². The highest BCUT2D eigenvalue weighted by Crippen LogP contribution is 2.39. The third kappa shape index (κ3) is 4.20. The smallest absolute Gasteiger partial charge is 0.140 e. The van der Waals surface area contributed by atoms with Crippen molar-refractivity contribution < 1.29 is 14.2 Å². The number of nitrogens with one attached hydrogen (secondary N) is 1. The SMILES string of the molecule is C[C@@H]1C[C@@H](c2cc3cccc(F)c3s2)CCN1C[C@H](O)COc1cccc2[nH]ccc12. The maximum Gasteiger partial charge on any atom is 0.140 e. The zero-order valence-electron chi connectivity index (χ0n) is 17.6. The van der Waals surface area contributed by atoms with Crippen molar-refractivity contribution in [1.29, 1.82) is 0 Å². The molecule has 2 aromatic carbocycles. The number of fused-ring (bicyclic) bond motifs is 2. The summed E-state index contributed by atoms with van der Waals surface area (Å²) < 4.78 is 20.8. The highest BCUT2D eigenvalue weighted by molar-refractivity contribution is 7.19. The number of rotatable bonds is 6. The first-order valence-corrected chi connectivity index (χ1v) is 11.7. The predicted molar refractivity (Wildman–Crippen MR) is 125 cm³/mol. The van der Waals surface area contributed by atoms with E-state index in [2.05, 4.69) is 22.9 Å². The lowest BCUT2D eigenvalue weighted by molar-refractivity contribution is 0.0408. The first-order valence-electron chi connectivity index (χ1n) is 10.9. The van der Waals surface area contributed by atoms with Gasteiger partial charge in [0, 0.05) is 34.6 Å². The standard InChI is InChI=1S/C25H27FN2O2S/c1-16-12-17(24-13-18-4-2-5-21(26)25(18)31-24)9-11-28(16)14-19(29)15-30-23-7-3-6-22-20(23)8-10-27-22/h2-8,10,13,16-17,19,27,29H,9,11-12,14-15H2,1H3/t16-,17+,19+/m1/s1. The Morgan fingerprint density at radius 2 is 2.13 bits per heavy atom. The molecule has 0 amide bonds. The van der Waals surface area contributed by atoms with Crippen LogP contribution in [0.3, 0.4) is 0 Å². The summed E-state index contributed by atoms with van der Waals surface area (Å²) in [4.78, 5) is 6.79. The fourth-order valence-electron chi connectivity index (χ4n) is 4.69. The van der Waals surface area contributed by atoms with Gasteiger partial charge in [-0.1, -0.05) is 18.2 Å². The number of aromatic amines is 1. The van der Waals surface area contributed by atoms with Gasteiger partial charge in [-0.05, 0) is 67.9 Å². The number of hydrogen-bond donors (Lipinski definition) is 2. The van der Waals surface area contributed by atoms with Crippen molar-refractivity contribution in [3.63, 3.8) is 0 Å². The van der Waals surface area contributed by atoms with E-state index in [4.69, 9.17) is 4.74 Å². The molecule has 0 spiro atoms. The van der Waals surface area contributed by atoms with Crippen molar-refractivity contribution in [3.05, 3.63) is 65.4 Å². The molecule has 3 heterocycles. The van der Waals surface area contributed by atoms with E-state index in [9.17, 15) is 9.50 Å². The summed E-state index contributed by atoms with van der Waals surface area (Å²) in [6.07, 6.45) is 3.39. The Labute approximate surface area is 185 Å².